The van der Waals surface area contributed by atoms with Gasteiger partial charge >= 0.3 is 0 Å². The van der Waals surface area contributed by atoms with Crippen LogP contribution in [0.4, 0.5) is 5.82 Å². The Morgan fingerprint density at radius 3 is 2.81 bits per heavy atom. The van der Waals surface area contributed by atoms with E-state index in [1.54, 1.807) is 7.05 Å². The van der Waals surface area contributed by atoms with Crippen LogP contribution in [0.2, 0.25) is 0 Å². The second-order valence-electron chi connectivity index (χ2n) is 5.62. The minimum Gasteiger partial charge on any atom is -0.305 e. The van der Waals surface area contributed by atoms with Crippen LogP contribution in [-0.2, 0) is 16.0 Å². The Kier molecular flexibility index (Phi) is 3.68. The van der Waals surface area contributed by atoms with Crippen molar-refractivity contribution < 1.29 is 9.59 Å². The number of rotatable bonds is 4. The maximum atomic E-state index is 12.1. The number of pyridine rings is 1. The lowest BCUT2D eigenvalue weighted by Gasteiger charge is -2.18. The highest BCUT2D eigenvalue weighted by Crippen LogP contribution is 2.32. The third-order valence-electron chi connectivity index (χ3n) is 3.76. The Morgan fingerprint density at radius 2 is 2.19 bits per heavy atom. The number of hydrogen-bond acceptors (Lipinski definition) is 4. The Bertz CT molecular complexity index is 590. The second kappa shape index (κ2) is 5.63. The summed E-state index contributed by atoms with van der Waals surface area (Å²) >= 11 is 0. The van der Waals surface area contributed by atoms with Gasteiger partial charge in [-0.3, -0.25) is 9.59 Å². The van der Waals surface area contributed by atoms with E-state index in [-0.39, 0.29) is 11.8 Å². The molecule has 21 heavy (non-hydrogen) atoms. The molecule has 1 N–H and O–H groups in total. The van der Waals surface area contributed by atoms with Gasteiger partial charge in [-0.2, -0.15) is 5.10 Å². The fraction of sp³-hybridized carbons (Fsp3) is 0.467. The van der Waals surface area contributed by atoms with Crippen LogP contribution < -0.4 is 5.32 Å². The molecule has 0 radical (unpaired) electrons. The predicted octanol–water partition coefficient (Wildman–Crippen LogP) is 1.58. The fourth-order valence-electron chi connectivity index (χ4n) is 2.30. The molecule has 1 saturated carbocycles. The van der Waals surface area contributed by atoms with Crippen LogP contribution in [-0.4, -0.2) is 34.6 Å². The molecule has 2 heterocycles. The lowest BCUT2D eigenvalue weighted by molar-refractivity contribution is -0.130. The molecule has 3 rings (SSSR count). The van der Waals surface area contributed by atoms with Crippen molar-refractivity contribution in [3.63, 3.8) is 0 Å². The number of carbonyl (C=O) groups excluding carboxylic acids is 2. The van der Waals surface area contributed by atoms with Gasteiger partial charge in [-0.25, -0.2) is 9.99 Å². The molecule has 1 aliphatic carbocycles. The van der Waals surface area contributed by atoms with Crippen LogP contribution in [0.3, 0.4) is 0 Å². The minimum atomic E-state index is -0.295. The van der Waals surface area contributed by atoms with Gasteiger partial charge in [0.2, 0.25) is 5.91 Å². The molecule has 1 fully saturated rings. The average molecular weight is 286 g/mol. The van der Waals surface area contributed by atoms with E-state index >= 15 is 0 Å². The number of hydrogen-bond donors (Lipinski definition) is 1. The fourth-order valence-corrected chi connectivity index (χ4v) is 2.30. The van der Waals surface area contributed by atoms with Crippen molar-refractivity contribution in [2.24, 2.45) is 11.0 Å². The molecule has 0 atom stereocenters. The Balaban J connectivity index is 1.61. The summed E-state index contributed by atoms with van der Waals surface area (Å²) in [5, 5.41) is 7.92. The molecule has 2 aliphatic rings. The minimum absolute atomic E-state index is 0.0749. The maximum Gasteiger partial charge on any atom is 0.273 e. The zero-order chi connectivity index (χ0) is 14.8. The molecule has 1 aromatic rings. The molecule has 1 aliphatic heterocycles. The Morgan fingerprint density at radius 1 is 1.38 bits per heavy atom. The topological polar surface area (TPSA) is 74.7 Å². The average Bonchev–Trinajstić information content (AvgIpc) is 3.28. The van der Waals surface area contributed by atoms with E-state index in [2.05, 4.69) is 15.4 Å². The summed E-state index contributed by atoms with van der Waals surface area (Å²) in [7, 11) is 1.56. The van der Waals surface area contributed by atoms with Gasteiger partial charge in [0.25, 0.3) is 5.91 Å². The SMILES string of the molecule is CN1N=C(C(=O)Nc2ccc(CC3CC3)cn2)CCC1=O. The number of aromatic nitrogens is 1. The van der Waals surface area contributed by atoms with Crippen LogP contribution in [0.15, 0.2) is 23.4 Å². The van der Waals surface area contributed by atoms with Gasteiger partial charge in [0.05, 0.1) is 0 Å². The number of nitrogens with one attached hydrogen (secondary N) is 1. The molecular weight excluding hydrogens is 268 g/mol. The monoisotopic (exact) mass is 286 g/mol. The molecule has 0 saturated heterocycles. The molecule has 0 aromatic carbocycles. The number of carbonyl (C=O) groups is 2. The first kappa shape index (κ1) is 13.7. The Labute approximate surface area is 123 Å². The summed E-state index contributed by atoms with van der Waals surface area (Å²) in [6.45, 7) is 0. The highest BCUT2D eigenvalue weighted by atomic mass is 16.2. The smallest absolute Gasteiger partial charge is 0.273 e. The van der Waals surface area contributed by atoms with Crippen LogP contribution in [0, 0.1) is 5.92 Å². The normalized spacial score (nSPS) is 18.4. The van der Waals surface area contributed by atoms with Gasteiger partial charge in [-0.05, 0) is 36.8 Å². The van der Waals surface area contributed by atoms with E-state index in [9.17, 15) is 9.59 Å². The summed E-state index contributed by atoms with van der Waals surface area (Å²) in [4.78, 5) is 27.7. The van der Waals surface area contributed by atoms with Gasteiger partial charge in [0.1, 0.15) is 11.5 Å². The van der Waals surface area contributed by atoms with Crippen molar-refractivity contribution in [3.8, 4) is 0 Å². The summed E-state index contributed by atoms with van der Waals surface area (Å²) in [5.74, 6) is 0.963. The summed E-state index contributed by atoms with van der Waals surface area (Å²) in [6, 6.07) is 3.81. The highest BCUT2D eigenvalue weighted by molar-refractivity contribution is 6.43. The van der Waals surface area contributed by atoms with Crippen molar-refractivity contribution in [3.05, 3.63) is 23.9 Å². The van der Waals surface area contributed by atoms with Gasteiger partial charge < -0.3 is 5.32 Å². The Hall–Kier alpha value is -2.24. The molecule has 6 nitrogen and oxygen atoms in total. The molecular formula is C15H18N4O2. The van der Waals surface area contributed by atoms with Crippen molar-refractivity contribution in [1.82, 2.24) is 9.99 Å². The van der Waals surface area contributed by atoms with Crippen molar-refractivity contribution in [2.45, 2.75) is 32.1 Å². The summed E-state index contributed by atoms with van der Waals surface area (Å²) in [5.41, 5.74) is 1.57. The van der Waals surface area contributed by atoms with Gasteiger partial charge in [-0.1, -0.05) is 6.07 Å². The molecule has 0 unspecified atom stereocenters. The van der Waals surface area contributed by atoms with Crippen molar-refractivity contribution in [1.29, 1.82) is 0 Å². The van der Waals surface area contributed by atoms with Crippen LogP contribution >= 0.6 is 0 Å². The maximum absolute atomic E-state index is 12.1. The van der Waals surface area contributed by atoms with Crippen molar-refractivity contribution >= 4 is 23.3 Å². The quantitative estimate of drug-likeness (QED) is 0.913. The summed E-state index contributed by atoms with van der Waals surface area (Å²) in [6.07, 6.45) is 6.19. The molecule has 0 bridgehead atoms. The third kappa shape index (κ3) is 3.45. The first-order chi connectivity index (χ1) is 10.1. The van der Waals surface area contributed by atoms with E-state index in [0.717, 1.165) is 12.3 Å². The van der Waals surface area contributed by atoms with Gasteiger partial charge in [0, 0.05) is 26.1 Å². The summed E-state index contributed by atoms with van der Waals surface area (Å²) < 4.78 is 0. The van der Waals surface area contributed by atoms with Crippen LogP contribution in [0.25, 0.3) is 0 Å². The number of hydrazone groups is 1. The number of amides is 2. The standard InChI is InChI=1S/C15H18N4O2/c1-19-14(20)7-5-12(18-19)15(21)17-13-6-4-11(9-16-13)8-10-2-3-10/h4,6,9-10H,2-3,5,7-8H2,1H3,(H,16,17,21). The lowest BCUT2D eigenvalue weighted by atomic mass is 10.1. The van der Waals surface area contributed by atoms with Crippen molar-refractivity contribution in [2.75, 3.05) is 12.4 Å². The zero-order valence-corrected chi connectivity index (χ0v) is 12.0. The predicted molar refractivity (Wildman–Crippen MR) is 78.7 cm³/mol. The molecule has 0 spiro atoms. The van der Waals surface area contributed by atoms with Crippen LogP contribution in [0.5, 0.6) is 0 Å². The van der Waals surface area contributed by atoms with E-state index in [1.165, 1.54) is 23.4 Å². The number of anilines is 1. The van der Waals surface area contributed by atoms with E-state index in [0.29, 0.717) is 24.4 Å². The molecule has 6 heteroatoms. The van der Waals surface area contributed by atoms with Gasteiger partial charge in [-0.15, -0.1) is 0 Å². The van der Waals surface area contributed by atoms with E-state index in [1.807, 2.05) is 18.3 Å². The first-order valence-corrected chi connectivity index (χ1v) is 7.22. The highest BCUT2D eigenvalue weighted by Gasteiger charge is 2.23. The molecule has 2 amide bonds. The largest absolute Gasteiger partial charge is 0.305 e. The zero-order valence-electron chi connectivity index (χ0n) is 12.0. The van der Waals surface area contributed by atoms with Crippen LogP contribution in [0.1, 0.15) is 31.2 Å². The number of nitrogens with zero attached hydrogens (tertiary/aromatic N) is 3. The van der Waals surface area contributed by atoms with E-state index in [4.69, 9.17) is 0 Å². The first-order valence-electron chi connectivity index (χ1n) is 7.22. The lowest BCUT2D eigenvalue weighted by Crippen LogP contribution is -2.34. The second-order valence-corrected chi connectivity index (χ2v) is 5.62. The molecule has 1 aromatic heterocycles. The van der Waals surface area contributed by atoms with Gasteiger partial charge in [0.15, 0.2) is 0 Å². The third-order valence-corrected chi connectivity index (χ3v) is 3.76. The molecule has 110 valence electrons. The van der Waals surface area contributed by atoms with E-state index < -0.39 is 0 Å².